The van der Waals surface area contributed by atoms with Gasteiger partial charge in [0.1, 0.15) is 0 Å². The third-order valence-corrected chi connectivity index (χ3v) is 1.44. The molecular formula is C8H9S+. The Morgan fingerprint density at radius 1 is 1.56 bits per heavy atom. The minimum absolute atomic E-state index is 0.877. The molecule has 1 aliphatic rings. The van der Waals surface area contributed by atoms with Crippen molar-refractivity contribution in [2.24, 2.45) is 0 Å². The van der Waals surface area contributed by atoms with E-state index in [1.54, 1.807) is 0 Å². The summed E-state index contributed by atoms with van der Waals surface area (Å²) >= 11 is 4.20. The van der Waals surface area contributed by atoms with Crippen LogP contribution in [-0.4, -0.2) is 0 Å². The van der Waals surface area contributed by atoms with Gasteiger partial charge in [-0.25, -0.2) is 0 Å². The predicted molar refractivity (Wildman–Crippen MR) is 44.3 cm³/mol. The van der Waals surface area contributed by atoms with Crippen molar-refractivity contribution in [3.8, 4) is 0 Å². The molecule has 0 aromatic rings. The number of hydrogen-bond donors (Lipinski definition) is 1. The number of thiol groups is 1. The largest absolute Gasteiger partial charge is 0.137 e. The van der Waals surface area contributed by atoms with Crippen LogP contribution in [0.25, 0.3) is 0 Å². The summed E-state index contributed by atoms with van der Waals surface area (Å²) in [6, 6.07) is 0. The lowest BCUT2D eigenvalue weighted by atomic mass is 9.99. The quantitative estimate of drug-likeness (QED) is 0.385. The zero-order valence-corrected chi connectivity index (χ0v) is 6.12. The van der Waals surface area contributed by atoms with Crippen LogP contribution in [0.5, 0.6) is 0 Å². The lowest BCUT2D eigenvalue weighted by Gasteiger charge is -2.04. The summed E-state index contributed by atoms with van der Waals surface area (Å²) < 4.78 is 0. The third-order valence-electron chi connectivity index (χ3n) is 1.15. The van der Waals surface area contributed by atoms with Crippen molar-refractivity contribution >= 4 is 12.6 Å². The molecule has 0 aliphatic heterocycles. The maximum atomic E-state index is 4.20. The van der Waals surface area contributed by atoms with Gasteiger partial charge in [-0.2, -0.15) is 0 Å². The first kappa shape index (κ1) is 6.56. The second-order valence-electron chi connectivity index (χ2n) is 2.19. The average Bonchev–Trinajstić information content (AvgIpc) is 1.59. The van der Waals surface area contributed by atoms with Gasteiger partial charge in [-0.05, 0) is 13.2 Å². The van der Waals surface area contributed by atoms with Gasteiger partial charge in [0.2, 0.25) is 0 Å². The number of allylic oxidation sites excluding steroid dienone is 4. The van der Waals surface area contributed by atoms with Gasteiger partial charge in [-0.1, -0.05) is 0 Å². The van der Waals surface area contributed by atoms with E-state index >= 15 is 0 Å². The summed E-state index contributed by atoms with van der Waals surface area (Å²) in [6.45, 7) is 7.58. The molecule has 0 saturated carbocycles. The van der Waals surface area contributed by atoms with Gasteiger partial charge in [-0.3, -0.25) is 0 Å². The molecule has 0 bridgehead atoms. The summed E-state index contributed by atoms with van der Waals surface area (Å²) in [6.07, 6.45) is 4.81. The van der Waals surface area contributed by atoms with Gasteiger partial charge in [0.05, 0.1) is 5.57 Å². The van der Waals surface area contributed by atoms with Crippen LogP contribution in [-0.2, 0) is 0 Å². The summed E-state index contributed by atoms with van der Waals surface area (Å²) in [5.74, 6) is 0. The molecule has 0 aromatic carbocycles. The van der Waals surface area contributed by atoms with Crippen molar-refractivity contribution in [1.82, 2.24) is 0 Å². The normalized spacial score (nSPS) is 19.0. The van der Waals surface area contributed by atoms with E-state index in [0.717, 1.165) is 22.5 Å². The molecule has 0 radical (unpaired) electrons. The van der Waals surface area contributed by atoms with Crippen LogP contribution in [0, 0.1) is 6.42 Å². The molecule has 1 heteroatoms. The van der Waals surface area contributed by atoms with Crippen molar-refractivity contribution in [1.29, 1.82) is 0 Å². The fourth-order valence-electron chi connectivity index (χ4n) is 0.853. The summed E-state index contributed by atoms with van der Waals surface area (Å²) in [7, 11) is 0. The molecule has 0 fully saturated rings. The first-order chi connectivity index (χ1) is 4.18. The molecule has 0 N–H and O–H groups in total. The molecule has 9 heavy (non-hydrogen) atoms. The highest BCUT2D eigenvalue weighted by molar-refractivity contribution is 7.84. The monoisotopic (exact) mass is 137 g/mol. The van der Waals surface area contributed by atoms with Gasteiger partial charge >= 0.3 is 0 Å². The van der Waals surface area contributed by atoms with Gasteiger partial charge in [-0.15, -0.1) is 12.6 Å². The van der Waals surface area contributed by atoms with E-state index in [1.165, 1.54) is 0 Å². The Labute approximate surface area is 61.4 Å². The second-order valence-corrected chi connectivity index (χ2v) is 2.76. The minimum atomic E-state index is 0.877. The first-order valence-corrected chi connectivity index (χ1v) is 3.24. The number of rotatable bonds is 0. The van der Waals surface area contributed by atoms with E-state index in [-0.39, 0.29) is 0 Å². The lowest BCUT2D eigenvalue weighted by Crippen LogP contribution is -1.92. The molecule has 1 aliphatic carbocycles. The topological polar surface area (TPSA) is 0 Å². The molecule has 0 aromatic heterocycles. The van der Waals surface area contributed by atoms with Crippen LogP contribution < -0.4 is 0 Å². The Balaban J connectivity index is 2.79. The molecular weight excluding hydrogens is 128 g/mol. The van der Waals surface area contributed by atoms with Crippen LogP contribution in [0.15, 0.2) is 35.3 Å². The van der Waals surface area contributed by atoms with Crippen LogP contribution >= 0.6 is 12.6 Å². The summed E-state index contributed by atoms with van der Waals surface area (Å²) in [4.78, 5) is 1.05. The van der Waals surface area contributed by atoms with E-state index < -0.39 is 0 Å². The van der Waals surface area contributed by atoms with E-state index in [9.17, 15) is 0 Å². The van der Waals surface area contributed by atoms with Crippen LogP contribution in [0.2, 0.25) is 0 Å². The minimum Gasteiger partial charge on any atom is -0.137 e. The predicted octanol–water partition coefficient (Wildman–Crippen LogP) is 2.52. The van der Waals surface area contributed by atoms with Crippen molar-refractivity contribution in [2.75, 3.05) is 0 Å². The van der Waals surface area contributed by atoms with Crippen LogP contribution in [0.4, 0.5) is 0 Å². The van der Waals surface area contributed by atoms with E-state index in [1.807, 2.05) is 12.5 Å². The third kappa shape index (κ3) is 1.68. The highest BCUT2D eigenvalue weighted by Crippen LogP contribution is 2.25. The van der Waals surface area contributed by atoms with Gasteiger partial charge in [0.15, 0.2) is 0 Å². The fourth-order valence-corrected chi connectivity index (χ4v) is 1.22. The Bertz CT molecular complexity index is 187. The zero-order chi connectivity index (χ0) is 6.85. The summed E-state index contributed by atoms with van der Waals surface area (Å²) in [5.41, 5.74) is 2.09. The van der Waals surface area contributed by atoms with Gasteiger partial charge in [0, 0.05) is 29.4 Å². The highest BCUT2D eigenvalue weighted by Gasteiger charge is 2.11. The molecule has 0 saturated heterocycles. The van der Waals surface area contributed by atoms with Crippen molar-refractivity contribution in [2.45, 2.75) is 6.42 Å². The lowest BCUT2D eigenvalue weighted by molar-refractivity contribution is 1.18. The Morgan fingerprint density at radius 2 is 2.22 bits per heavy atom. The van der Waals surface area contributed by atoms with Crippen molar-refractivity contribution < 1.29 is 0 Å². The van der Waals surface area contributed by atoms with Gasteiger partial charge < -0.3 is 0 Å². The molecule has 46 valence electrons. The van der Waals surface area contributed by atoms with Crippen LogP contribution in [0.3, 0.4) is 0 Å². The molecule has 1 rings (SSSR count). The Kier molecular flexibility index (Phi) is 1.72. The summed E-state index contributed by atoms with van der Waals surface area (Å²) in [5, 5.41) is 0. The van der Waals surface area contributed by atoms with E-state index in [0.29, 0.717) is 0 Å². The molecule has 0 spiro atoms. The van der Waals surface area contributed by atoms with Crippen molar-refractivity contribution in [3.05, 3.63) is 41.7 Å². The molecule has 0 heterocycles. The van der Waals surface area contributed by atoms with Crippen LogP contribution in [0.1, 0.15) is 6.42 Å². The standard InChI is InChI=1S/C8H8S/c1-6-3-7(2)5-8(9)4-6/h3-4H,1-2,5H2/p+1. The number of hydrogen-bond acceptors (Lipinski definition) is 1. The molecule has 0 nitrogen and oxygen atoms in total. The average molecular weight is 137 g/mol. The molecule has 0 amide bonds. The highest BCUT2D eigenvalue weighted by atomic mass is 32.1. The molecule has 0 unspecified atom stereocenters. The maximum absolute atomic E-state index is 4.20. The van der Waals surface area contributed by atoms with Gasteiger partial charge in [0.25, 0.3) is 0 Å². The smallest absolute Gasteiger partial charge is 0.0889 e. The maximum Gasteiger partial charge on any atom is 0.0889 e. The van der Waals surface area contributed by atoms with Crippen molar-refractivity contribution in [3.63, 3.8) is 0 Å². The molecule has 0 atom stereocenters. The first-order valence-electron chi connectivity index (χ1n) is 2.79. The Morgan fingerprint density at radius 3 is 2.67 bits per heavy atom. The van der Waals surface area contributed by atoms with E-state index in [2.05, 4.69) is 25.8 Å². The SMILES string of the molecule is C=C1C=C(S)CC(=C)[CH+]1. The van der Waals surface area contributed by atoms with E-state index in [4.69, 9.17) is 0 Å². The zero-order valence-electron chi connectivity index (χ0n) is 5.22. The second kappa shape index (κ2) is 2.36. The fraction of sp³-hybridized carbons (Fsp3) is 0.125. The Hall–Kier alpha value is -0.560.